The average Bonchev–Trinajstić information content (AvgIpc) is 3.09. The highest BCUT2D eigenvalue weighted by Gasteiger charge is 2.40. The number of benzene rings is 1. The van der Waals surface area contributed by atoms with E-state index in [0.717, 1.165) is 25.0 Å². The molecule has 0 amide bonds. The van der Waals surface area contributed by atoms with Crippen LogP contribution >= 0.6 is 0 Å². The third-order valence-corrected chi connectivity index (χ3v) is 4.97. The number of anilines is 1. The maximum Gasteiger partial charge on any atom is 0.416 e. The van der Waals surface area contributed by atoms with E-state index in [1.165, 1.54) is 6.07 Å². The molecule has 27 heavy (non-hydrogen) atoms. The van der Waals surface area contributed by atoms with Crippen LogP contribution in [0.5, 0.6) is 0 Å². The summed E-state index contributed by atoms with van der Waals surface area (Å²) in [6, 6.07) is 6.96. The third kappa shape index (κ3) is 3.77. The molecule has 4 rings (SSSR count). The molecular formula is C19H20F3N3O2. The fourth-order valence-electron chi connectivity index (χ4n) is 3.58. The minimum Gasteiger partial charge on any atom is -0.356 e. The second-order valence-electron chi connectivity index (χ2n) is 6.83. The van der Waals surface area contributed by atoms with E-state index < -0.39 is 17.5 Å². The smallest absolute Gasteiger partial charge is 0.356 e. The minimum atomic E-state index is -4.39. The van der Waals surface area contributed by atoms with E-state index in [9.17, 15) is 13.2 Å². The van der Waals surface area contributed by atoms with Crippen molar-refractivity contribution >= 4 is 5.82 Å². The normalized spacial score (nSPS) is 19.6. The molecule has 1 aromatic heterocycles. The molecule has 0 bridgehead atoms. The van der Waals surface area contributed by atoms with E-state index >= 15 is 0 Å². The van der Waals surface area contributed by atoms with Crippen LogP contribution in [-0.4, -0.2) is 42.1 Å². The van der Waals surface area contributed by atoms with Gasteiger partial charge in [0.1, 0.15) is 11.6 Å². The van der Waals surface area contributed by atoms with Crippen molar-refractivity contribution in [1.82, 2.24) is 9.97 Å². The standard InChI is InChI=1S/C19H20F3N3O2/c1-13-23-16(14-3-2-4-15(11-14)19(20,21)22)12-17(24-13)25-7-5-18(6-8-25)26-9-10-27-18/h2-4,11-12H,5-10H2,1H3. The molecule has 144 valence electrons. The molecule has 0 aliphatic carbocycles. The van der Waals surface area contributed by atoms with Gasteiger partial charge in [0.15, 0.2) is 5.79 Å². The van der Waals surface area contributed by atoms with E-state index in [-0.39, 0.29) is 0 Å². The van der Waals surface area contributed by atoms with Gasteiger partial charge in [-0.1, -0.05) is 12.1 Å². The number of aryl methyl sites for hydroxylation is 1. The first kappa shape index (κ1) is 18.2. The molecule has 0 radical (unpaired) electrons. The number of ether oxygens (including phenoxy) is 2. The van der Waals surface area contributed by atoms with Crippen LogP contribution in [0.15, 0.2) is 30.3 Å². The fraction of sp³-hybridized carbons (Fsp3) is 0.474. The van der Waals surface area contributed by atoms with Gasteiger partial charge in [-0.25, -0.2) is 9.97 Å². The van der Waals surface area contributed by atoms with Crippen molar-refractivity contribution in [2.24, 2.45) is 0 Å². The fourth-order valence-corrected chi connectivity index (χ4v) is 3.58. The number of rotatable bonds is 2. The molecule has 0 atom stereocenters. The van der Waals surface area contributed by atoms with Crippen LogP contribution in [0.25, 0.3) is 11.3 Å². The van der Waals surface area contributed by atoms with Crippen molar-refractivity contribution in [3.8, 4) is 11.3 Å². The Balaban J connectivity index is 1.59. The molecule has 2 fully saturated rings. The van der Waals surface area contributed by atoms with Crippen molar-refractivity contribution in [2.75, 3.05) is 31.2 Å². The summed E-state index contributed by atoms with van der Waals surface area (Å²) in [5.41, 5.74) is 0.220. The Morgan fingerprint density at radius 1 is 1.04 bits per heavy atom. The molecule has 1 aromatic carbocycles. The summed E-state index contributed by atoms with van der Waals surface area (Å²) in [6.45, 7) is 4.39. The lowest BCUT2D eigenvalue weighted by Crippen LogP contribution is -2.45. The first-order valence-corrected chi connectivity index (χ1v) is 8.91. The first-order valence-electron chi connectivity index (χ1n) is 8.91. The number of hydrogen-bond acceptors (Lipinski definition) is 5. The molecule has 2 aliphatic rings. The maximum atomic E-state index is 13.0. The predicted octanol–water partition coefficient (Wildman–Crippen LogP) is 3.81. The first-order chi connectivity index (χ1) is 12.8. The number of hydrogen-bond donors (Lipinski definition) is 0. The Hall–Kier alpha value is -2.19. The summed E-state index contributed by atoms with van der Waals surface area (Å²) in [7, 11) is 0. The van der Waals surface area contributed by atoms with Gasteiger partial charge in [-0.05, 0) is 19.1 Å². The van der Waals surface area contributed by atoms with Crippen LogP contribution in [0.3, 0.4) is 0 Å². The molecule has 8 heteroatoms. The zero-order valence-corrected chi connectivity index (χ0v) is 14.9. The van der Waals surface area contributed by atoms with E-state index in [1.54, 1.807) is 19.1 Å². The van der Waals surface area contributed by atoms with Crippen molar-refractivity contribution < 1.29 is 22.6 Å². The van der Waals surface area contributed by atoms with Crippen LogP contribution in [-0.2, 0) is 15.7 Å². The summed E-state index contributed by atoms with van der Waals surface area (Å²) in [5.74, 6) is 0.749. The van der Waals surface area contributed by atoms with Crippen molar-refractivity contribution in [1.29, 1.82) is 0 Å². The zero-order chi connectivity index (χ0) is 19.1. The summed E-state index contributed by atoms with van der Waals surface area (Å²) in [5, 5.41) is 0. The Bertz CT molecular complexity index is 825. The molecule has 2 saturated heterocycles. The van der Waals surface area contributed by atoms with Crippen LogP contribution in [0, 0.1) is 6.92 Å². The average molecular weight is 379 g/mol. The van der Waals surface area contributed by atoms with Gasteiger partial charge in [0.2, 0.25) is 0 Å². The van der Waals surface area contributed by atoms with Crippen molar-refractivity contribution in [2.45, 2.75) is 31.7 Å². The summed E-state index contributed by atoms with van der Waals surface area (Å²) in [6.07, 6.45) is -2.92. The number of halogens is 3. The second kappa shape index (κ2) is 6.76. The minimum absolute atomic E-state index is 0.424. The highest BCUT2D eigenvalue weighted by molar-refractivity contribution is 5.64. The highest BCUT2D eigenvalue weighted by Crippen LogP contribution is 2.35. The predicted molar refractivity (Wildman–Crippen MR) is 93.3 cm³/mol. The van der Waals surface area contributed by atoms with Crippen LogP contribution in [0.2, 0.25) is 0 Å². The monoisotopic (exact) mass is 379 g/mol. The molecule has 0 unspecified atom stereocenters. The van der Waals surface area contributed by atoms with Crippen molar-refractivity contribution in [3.63, 3.8) is 0 Å². The molecule has 0 saturated carbocycles. The molecule has 3 heterocycles. The van der Waals surface area contributed by atoms with E-state index in [1.807, 2.05) is 0 Å². The maximum absolute atomic E-state index is 13.0. The van der Waals surface area contributed by atoms with Gasteiger partial charge in [-0.15, -0.1) is 0 Å². The number of aromatic nitrogens is 2. The molecule has 2 aliphatic heterocycles. The SMILES string of the molecule is Cc1nc(-c2cccc(C(F)(F)F)c2)cc(N2CCC3(CC2)OCCO3)n1. The van der Waals surface area contributed by atoms with Crippen LogP contribution in [0.1, 0.15) is 24.2 Å². The third-order valence-electron chi connectivity index (χ3n) is 4.97. The lowest BCUT2D eigenvalue weighted by Gasteiger charge is -2.38. The lowest BCUT2D eigenvalue weighted by molar-refractivity contribution is -0.169. The van der Waals surface area contributed by atoms with Gasteiger partial charge in [0.05, 0.1) is 24.5 Å². The van der Waals surface area contributed by atoms with E-state index in [4.69, 9.17) is 9.47 Å². The Labute approximate surface area is 155 Å². The van der Waals surface area contributed by atoms with E-state index in [2.05, 4.69) is 14.9 Å². The lowest BCUT2D eigenvalue weighted by atomic mass is 10.0. The van der Waals surface area contributed by atoms with Gasteiger partial charge in [-0.2, -0.15) is 13.2 Å². The number of nitrogens with zero attached hydrogens (tertiary/aromatic N) is 3. The van der Waals surface area contributed by atoms with E-state index in [0.29, 0.717) is 49.2 Å². The molecule has 0 N–H and O–H groups in total. The summed E-state index contributed by atoms with van der Waals surface area (Å²) in [4.78, 5) is 10.9. The van der Waals surface area contributed by atoms with Gasteiger partial charge in [0, 0.05) is 37.6 Å². The molecular weight excluding hydrogens is 359 g/mol. The van der Waals surface area contributed by atoms with Crippen molar-refractivity contribution in [3.05, 3.63) is 41.7 Å². The van der Waals surface area contributed by atoms with Gasteiger partial charge in [-0.3, -0.25) is 0 Å². The second-order valence-corrected chi connectivity index (χ2v) is 6.83. The van der Waals surface area contributed by atoms with Crippen LogP contribution in [0.4, 0.5) is 19.0 Å². The van der Waals surface area contributed by atoms with Gasteiger partial charge < -0.3 is 14.4 Å². The van der Waals surface area contributed by atoms with Crippen LogP contribution < -0.4 is 4.90 Å². The highest BCUT2D eigenvalue weighted by atomic mass is 19.4. The Kier molecular flexibility index (Phi) is 4.55. The molecule has 2 aromatic rings. The Morgan fingerprint density at radius 2 is 1.74 bits per heavy atom. The summed E-state index contributed by atoms with van der Waals surface area (Å²) >= 11 is 0. The summed E-state index contributed by atoms with van der Waals surface area (Å²) < 4.78 is 50.5. The van der Waals surface area contributed by atoms with Gasteiger partial charge in [0.25, 0.3) is 0 Å². The largest absolute Gasteiger partial charge is 0.416 e. The number of alkyl halides is 3. The topological polar surface area (TPSA) is 47.5 Å². The molecule has 1 spiro atoms. The van der Waals surface area contributed by atoms with Gasteiger partial charge >= 0.3 is 6.18 Å². The zero-order valence-electron chi connectivity index (χ0n) is 14.9. The quantitative estimate of drug-likeness (QED) is 0.794. The number of piperidine rings is 1. The molecule has 5 nitrogen and oxygen atoms in total. The Morgan fingerprint density at radius 3 is 2.41 bits per heavy atom.